The van der Waals surface area contributed by atoms with Crippen LogP contribution in [0, 0.1) is 0 Å². The van der Waals surface area contributed by atoms with E-state index in [1.165, 1.54) is 81.2 Å². The first-order valence-corrected chi connectivity index (χ1v) is 21.7. The van der Waals surface area contributed by atoms with E-state index in [1.54, 1.807) is 0 Å². The smallest absolute Gasteiger partial charge is 0.181 e. The molecule has 0 aliphatic carbocycles. The van der Waals surface area contributed by atoms with Gasteiger partial charge < -0.3 is 9.13 Å². The van der Waals surface area contributed by atoms with Crippen molar-refractivity contribution in [2.45, 2.75) is 0 Å². The highest BCUT2D eigenvalue weighted by Crippen LogP contribution is 2.44. The molecule has 0 N–H and O–H groups in total. The topological polar surface area (TPSA) is 9.86 Å². The average molecular weight is 743 g/mol. The van der Waals surface area contributed by atoms with Crippen LogP contribution in [0.25, 0.3) is 66.1 Å². The fourth-order valence-electron chi connectivity index (χ4n) is 9.55. The summed E-state index contributed by atoms with van der Waals surface area (Å²) in [5.74, 6) is 0. The fourth-order valence-corrected chi connectivity index (χ4v) is 14.5. The molecule has 0 fully saturated rings. The second kappa shape index (κ2) is 13.5. The molecule has 0 atom stereocenters. The zero-order valence-electron chi connectivity index (χ0n) is 31.3. The summed E-state index contributed by atoms with van der Waals surface area (Å²) in [5, 5.41) is 10.4. The van der Waals surface area contributed by atoms with Gasteiger partial charge in [-0.05, 0) is 50.6 Å². The van der Waals surface area contributed by atoms with Gasteiger partial charge in [0.25, 0.3) is 0 Å². The summed E-state index contributed by atoms with van der Waals surface area (Å²) in [6, 6.07) is 85.4. The largest absolute Gasteiger partial charge is 0.307 e. The summed E-state index contributed by atoms with van der Waals surface area (Å²) in [5.41, 5.74) is 9.49. The Morgan fingerprint density at radius 3 is 1.30 bits per heavy atom. The van der Waals surface area contributed by atoms with Gasteiger partial charge in [-0.3, -0.25) is 0 Å². The van der Waals surface area contributed by atoms with Crippen molar-refractivity contribution in [3.63, 3.8) is 0 Å². The number of fused-ring (bicyclic) bond motifs is 6. The number of para-hydroxylation sites is 4. The molecule has 0 aliphatic rings. The molecule has 9 aromatic carbocycles. The Morgan fingerprint density at radius 2 is 0.737 bits per heavy atom. The van der Waals surface area contributed by atoms with Crippen LogP contribution in [0.3, 0.4) is 0 Å². The van der Waals surface area contributed by atoms with Gasteiger partial charge in [0.05, 0.1) is 27.8 Å². The molecule has 57 heavy (non-hydrogen) atoms. The van der Waals surface area contributed by atoms with E-state index < -0.39 is 8.07 Å². The van der Waals surface area contributed by atoms with Crippen LogP contribution >= 0.6 is 0 Å². The molecule has 0 radical (unpaired) electrons. The maximum absolute atomic E-state index is 2.99. The molecule has 0 bridgehead atoms. The molecule has 11 rings (SSSR count). The molecule has 0 aliphatic heterocycles. The minimum Gasteiger partial charge on any atom is -0.307 e. The number of benzene rings is 9. The summed E-state index contributed by atoms with van der Waals surface area (Å²) < 4.78 is 5.13. The highest BCUT2D eigenvalue weighted by molar-refractivity contribution is 7.20. The monoisotopic (exact) mass is 742 g/mol. The lowest BCUT2D eigenvalue weighted by atomic mass is 10.00. The number of aromatic nitrogens is 2. The van der Waals surface area contributed by atoms with Gasteiger partial charge >= 0.3 is 0 Å². The lowest BCUT2D eigenvalue weighted by molar-refractivity contribution is 1.13. The Kier molecular flexibility index (Phi) is 7.87. The van der Waals surface area contributed by atoms with Crippen molar-refractivity contribution in [1.29, 1.82) is 0 Å². The molecule has 268 valence electrons. The highest BCUT2D eigenvalue weighted by atomic mass is 28.3. The van der Waals surface area contributed by atoms with Gasteiger partial charge in [-0.2, -0.15) is 0 Å². The van der Waals surface area contributed by atoms with Crippen molar-refractivity contribution in [3.8, 4) is 22.5 Å². The maximum Gasteiger partial charge on any atom is 0.181 e. The van der Waals surface area contributed by atoms with Gasteiger partial charge in [0.2, 0.25) is 0 Å². The van der Waals surface area contributed by atoms with Gasteiger partial charge in [0, 0.05) is 32.8 Å². The van der Waals surface area contributed by atoms with E-state index >= 15 is 0 Å². The standard InChI is InChI=1S/C54H38N2Si/c1-6-21-39(22-7-1)44-37-38-48-46-32-16-18-34-49(46)55(40-23-8-2-9-24-40)54(48)53(44)56-50-35-19-17-31-45(50)47-33-20-36-51(52(47)56)57(41-25-10-3-11-26-41,42-27-12-4-13-28-42)43-29-14-5-15-30-43/h1-38H. The number of nitrogens with zero attached hydrogens (tertiary/aromatic N) is 2. The summed E-state index contributed by atoms with van der Waals surface area (Å²) in [4.78, 5) is 0. The average Bonchev–Trinajstić information content (AvgIpc) is 3.82. The van der Waals surface area contributed by atoms with Crippen LogP contribution in [0.15, 0.2) is 231 Å². The van der Waals surface area contributed by atoms with Gasteiger partial charge in [-0.25, -0.2) is 0 Å². The molecule has 0 amide bonds. The molecule has 0 unspecified atom stereocenters. The predicted octanol–water partition coefficient (Wildman–Crippen LogP) is 10.9. The number of rotatable bonds is 7. The molecule has 2 heterocycles. The third-order valence-electron chi connectivity index (χ3n) is 11.9. The molecule has 0 saturated carbocycles. The third-order valence-corrected chi connectivity index (χ3v) is 16.7. The second-order valence-electron chi connectivity index (χ2n) is 14.8. The Hall–Kier alpha value is -7.20. The SMILES string of the molecule is c1ccc(-c2ccc3c4ccccc4n(-c4ccccc4)c3c2-n2c3ccccc3c3cccc([Si](c4ccccc4)(c4ccccc4)c4ccccc4)c32)cc1. The van der Waals surface area contributed by atoms with Gasteiger partial charge in [0.1, 0.15) is 0 Å². The van der Waals surface area contributed by atoms with Crippen molar-refractivity contribution in [2.24, 2.45) is 0 Å². The van der Waals surface area contributed by atoms with E-state index in [2.05, 4.69) is 240 Å². The van der Waals surface area contributed by atoms with E-state index in [-0.39, 0.29) is 0 Å². The Morgan fingerprint density at radius 1 is 0.298 bits per heavy atom. The molecule has 0 spiro atoms. The number of hydrogen-bond donors (Lipinski definition) is 0. The van der Waals surface area contributed by atoms with E-state index in [9.17, 15) is 0 Å². The van der Waals surface area contributed by atoms with Crippen LogP contribution in [0.2, 0.25) is 0 Å². The molecule has 2 nitrogen and oxygen atoms in total. The first-order chi connectivity index (χ1) is 28.3. The van der Waals surface area contributed by atoms with Gasteiger partial charge in [-0.1, -0.05) is 206 Å². The van der Waals surface area contributed by atoms with Gasteiger partial charge in [0.15, 0.2) is 8.07 Å². The van der Waals surface area contributed by atoms with Crippen molar-refractivity contribution in [2.75, 3.05) is 0 Å². The van der Waals surface area contributed by atoms with E-state index in [0.717, 1.165) is 5.69 Å². The van der Waals surface area contributed by atoms with Crippen LogP contribution in [0.4, 0.5) is 0 Å². The van der Waals surface area contributed by atoms with Crippen molar-refractivity contribution in [1.82, 2.24) is 9.13 Å². The Bertz CT molecular complexity index is 3110. The van der Waals surface area contributed by atoms with E-state index in [4.69, 9.17) is 0 Å². The number of hydrogen-bond acceptors (Lipinski definition) is 0. The zero-order valence-corrected chi connectivity index (χ0v) is 32.3. The minimum atomic E-state index is -2.99. The first-order valence-electron chi connectivity index (χ1n) is 19.7. The third kappa shape index (κ3) is 5.03. The summed E-state index contributed by atoms with van der Waals surface area (Å²) in [6.45, 7) is 0. The second-order valence-corrected chi connectivity index (χ2v) is 18.6. The molecule has 2 aromatic heterocycles. The molecule has 0 saturated heterocycles. The first kappa shape index (κ1) is 33.2. The predicted molar refractivity (Wildman–Crippen MR) is 244 cm³/mol. The minimum absolute atomic E-state index is 1.14. The molecular formula is C54H38N2Si. The molecule has 11 aromatic rings. The lowest BCUT2D eigenvalue weighted by Crippen LogP contribution is -2.75. The Labute approximate surface area is 333 Å². The maximum atomic E-state index is 2.64. The molecule has 3 heteroatoms. The van der Waals surface area contributed by atoms with Crippen LogP contribution in [0.1, 0.15) is 0 Å². The van der Waals surface area contributed by atoms with E-state index in [1.807, 2.05) is 0 Å². The van der Waals surface area contributed by atoms with Crippen molar-refractivity contribution in [3.05, 3.63) is 231 Å². The summed E-state index contributed by atoms with van der Waals surface area (Å²) >= 11 is 0. The van der Waals surface area contributed by atoms with Crippen LogP contribution < -0.4 is 20.7 Å². The van der Waals surface area contributed by atoms with Crippen molar-refractivity contribution >= 4 is 72.4 Å². The van der Waals surface area contributed by atoms with Crippen molar-refractivity contribution < 1.29 is 0 Å². The normalized spacial score (nSPS) is 11.9. The van der Waals surface area contributed by atoms with Crippen LogP contribution in [-0.2, 0) is 0 Å². The Balaban J connectivity index is 1.41. The summed E-state index contributed by atoms with van der Waals surface area (Å²) in [6.07, 6.45) is 0. The zero-order chi connectivity index (χ0) is 37.8. The van der Waals surface area contributed by atoms with Gasteiger partial charge in [-0.15, -0.1) is 0 Å². The van der Waals surface area contributed by atoms with E-state index in [0.29, 0.717) is 0 Å². The summed E-state index contributed by atoms with van der Waals surface area (Å²) in [7, 11) is -2.99. The van der Waals surface area contributed by atoms with Crippen LogP contribution in [-0.4, -0.2) is 17.2 Å². The quantitative estimate of drug-likeness (QED) is 0.114. The highest BCUT2D eigenvalue weighted by Gasteiger charge is 2.43. The lowest BCUT2D eigenvalue weighted by Gasteiger charge is -2.35. The van der Waals surface area contributed by atoms with Crippen LogP contribution in [0.5, 0.6) is 0 Å². The fraction of sp³-hybridized carbons (Fsp3) is 0. The molecular weight excluding hydrogens is 705 g/mol.